The molecule has 0 bridgehead atoms. The highest BCUT2D eigenvalue weighted by Gasteiger charge is 2.17. The van der Waals surface area contributed by atoms with Gasteiger partial charge in [0.25, 0.3) is 15.9 Å². The minimum Gasteiger partial charge on any atom is -0.495 e. The Labute approximate surface area is 182 Å². The maximum absolute atomic E-state index is 12.8. The van der Waals surface area contributed by atoms with Crippen LogP contribution in [0.1, 0.15) is 11.1 Å². The monoisotopic (exact) mass is 440 g/mol. The molecule has 3 aromatic rings. The number of amides is 1. The number of ether oxygens (including phenoxy) is 2. The minimum atomic E-state index is -3.88. The van der Waals surface area contributed by atoms with Crippen LogP contribution in [0.15, 0.2) is 71.6 Å². The zero-order valence-electron chi connectivity index (χ0n) is 17.5. The fourth-order valence-corrected chi connectivity index (χ4v) is 4.09. The Morgan fingerprint density at radius 1 is 0.935 bits per heavy atom. The molecule has 3 aromatic carbocycles. The first-order valence-corrected chi connectivity index (χ1v) is 11.0. The molecule has 1 amide bonds. The summed E-state index contributed by atoms with van der Waals surface area (Å²) in [6.07, 6.45) is 0. The zero-order valence-corrected chi connectivity index (χ0v) is 18.3. The number of nitrogens with one attached hydrogen (secondary N) is 2. The maximum Gasteiger partial charge on any atom is 0.262 e. The third-order valence-corrected chi connectivity index (χ3v) is 5.83. The van der Waals surface area contributed by atoms with E-state index in [9.17, 15) is 13.2 Å². The Hall–Kier alpha value is -3.52. The molecule has 0 atom stereocenters. The third-order valence-electron chi connectivity index (χ3n) is 4.47. The maximum atomic E-state index is 12.8. The van der Waals surface area contributed by atoms with Crippen LogP contribution in [-0.2, 0) is 14.8 Å². The van der Waals surface area contributed by atoms with Crippen LogP contribution >= 0.6 is 0 Å². The van der Waals surface area contributed by atoms with E-state index in [0.29, 0.717) is 22.9 Å². The van der Waals surface area contributed by atoms with E-state index in [1.54, 1.807) is 36.4 Å². The van der Waals surface area contributed by atoms with Gasteiger partial charge in [0.15, 0.2) is 6.61 Å². The molecule has 0 aliphatic heterocycles. The Bertz CT molecular complexity index is 1190. The lowest BCUT2D eigenvalue weighted by atomic mass is 10.1. The van der Waals surface area contributed by atoms with Gasteiger partial charge in [-0.1, -0.05) is 35.9 Å². The Morgan fingerprint density at radius 3 is 2.45 bits per heavy atom. The van der Waals surface area contributed by atoms with Crippen LogP contribution < -0.4 is 19.5 Å². The second-order valence-electron chi connectivity index (χ2n) is 6.94. The number of rotatable bonds is 8. The molecule has 8 heteroatoms. The summed E-state index contributed by atoms with van der Waals surface area (Å²) in [5.41, 5.74) is 2.70. The zero-order chi connectivity index (χ0) is 22.4. The summed E-state index contributed by atoms with van der Waals surface area (Å²) in [4.78, 5) is 12.3. The highest BCUT2D eigenvalue weighted by molar-refractivity contribution is 7.92. The van der Waals surface area contributed by atoms with Crippen LogP contribution in [-0.4, -0.2) is 28.0 Å². The van der Waals surface area contributed by atoms with E-state index < -0.39 is 15.9 Å². The van der Waals surface area contributed by atoms with Gasteiger partial charge in [0.05, 0.1) is 17.7 Å². The van der Waals surface area contributed by atoms with Gasteiger partial charge in [-0.2, -0.15) is 0 Å². The van der Waals surface area contributed by atoms with Crippen LogP contribution in [0, 0.1) is 13.8 Å². The van der Waals surface area contributed by atoms with Crippen molar-refractivity contribution in [2.75, 3.05) is 23.8 Å². The van der Waals surface area contributed by atoms with Gasteiger partial charge in [-0.3, -0.25) is 9.52 Å². The molecule has 0 heterocycles. The average Bonchev–Trinajstić information content (AvgIpc) is 2.73. The molecule has 0 spiro atoms. The van der Waals surface area contributed by atoms with Crippen LogP contribution in [0.25, 0.3) is 0 Å². The third kappa shape index (κ3) is 5.76. The first-order valence-electron chi connectivity index (χ1n) is 9.54. The van der Waals surface area contributed by atoms with E-state index in [-0.39, 0.29) is 11.5 Å². The smallest absolute Gasteiger partial charge is 0.262 e. The lowest BCUT2D eigenvalue weighted by molar-refractivity contribution is -0.118. The normalized spacial score (nSPS) is 10.9. The van der Waals surface area contributed by atoms with E-state index >= 15 is 0 Å². The van der Waals surface area contributed by atoms with E-state index in [0.717, 1.165) is 11.1 Å². The van der Waals surface area contributed by atoms with Crippen molar-refractivity contribution in [3.05, 3.63) is 77.9 Å². The summed E-state index contributed by atoms with van der Waals surface area (Å²) < 4.78 is 38.8. The van der Waals surface area contributed by atoms with Crippen molar-refractivity contribution < 1.29 is 22.7 Å². The van der Waals surface area contributed by atoms with Crippen LogP contribution in [0.5, 0.6) is 11.5 Å². The number of anilines is 2. The van der Waals surface area contributed by atoms with Gasteiger partial charge >= 0.3 is 0 Å². The molecule has 7 nitrogen and oxygen atoms in total. The molecular formula is C23H24N2O5S. The van der Waals surface area contributed by atoms with Gasteiger partial charge in [-0.05, 0) is 55.8 Å². The Morgan fingerprint density at radius 2 is 1.71 bits per heavy atom. The molecule has 162 valence electrons. The molecular weight excluding hydrogens is 416 g/mol. The molecule has 0 aliphatic rings. The highest BCUT2D eigenvalue weighted by atomic mass is 32.2. The SMILES string of the molecule is COc1ccccc1NS(=O)(=O)c1cccc(NC(=O)COc2ccc(C)cc2C)c1. The first kappa shape index (κ1) is 22.2. The lowest BCUT2D eigenvalue weighted by Crippen LogP contribution is -2.21. The number of sulfonamides is 1. The second-order valence-corrected chi connectivity index (χ2v) is 8.62. The summed E-state index contributed by atoms with van der Waals surface area (Å²) in [7, 11) is -2.42. The number of carbonyl (C=O) groups excluding carboxylic acids is 1. The second kappa shape index (κ2) is 9.53. The minimum absolute atomic E-state index is 0.00602. The van der Waals surface area contributed by atoms with Gasteiger partial charge in [0.2, 0.25) is 0 Å². The van der Waals surface area contributed by atoms with Crippen molar-refractivity contribution in [3.8, 4) is 11.5 Å². The molecule has 0 aliphatic carbocycles. The van der Waals surface area contributed by atoms with Crippen molar-refractivity contribution in [3.63, 3.8) is 0 Å². The molecule has 0 unspecified atom stereocenters. The molecule has 2 N–H and O–H groups in total. The van der Waals surface area contributed by atoms with Gasteiger partial charge in [0, 0.05) is 5.69 Å². The van der Waals surface area contributed by atoms with Gasteiger partial charge in [-0.25, -0.2) is 8.42 Å². The number of carbonyl (C=O) groups is 1. The quantitative estimate of drug-likeness (QED) is 0.549. The number of benzene rings is 3. The van der Waals surface area contributed by atoms with Gasteiger partial charge < -0.3 is 14.8 Å². The molecule has 3 rings (SSSR count). The predicted octanol–water partition coefficient (Wildman–Crippen LogP) is 4.13. The molecule has 0 saturated heterocycles. The van der Waals surface area contributed by atoms with E-state index in [4.69, 9.17) is 9.47 Å². The van der Waals surface area contributed by atoms with Crippen molar-refractivity contribution in [1.82, 2.24) is 0 Å². The average molecular weight is 441 g/mol. The van der Waals surface area contributed by atoms with Crippen molar-refractivity contribution in [2.24, 2.45) is 0 Å². The fraction of sp³-hybridized carbons (Fsp3) is 0.174. The highest BCUT2D eigenvalue weighted by Crippen LogP contribution is 2.27. The number of hydrogen-bond acceptors (Lipinski definition) is 5. The Balaban J connectivity index is 1.68. The topological polar surface area (TPSA) is 93.7 Å². The molecule has 0 aromatic heterocycles. The van der Waals surface area contributed by atoms with E-state index in [1.165, 1.54) is 19.2 Å². The number of hydrogen-bond donors (Lipinski definition) is 2. The van der Waals surface area contributed by atoms with Gasteiger partial charge in [0.1, 0.15) is 11.5 Å². The molecule has 0 radical (unpaired) electrons. The summed E-state index contributed by atoms with van der Waals surface area (Å²) in [5, 5.41) is 2.66. The standard InChI is InChI=1S/C23H24N2O5S/c1-16-11-12-21(17(2)13-16)30-15-23(26)24-18-7-6-8-19(14-18)31(27,28)25-20-9-4-5-10-22(20)29-3/h4-14,25H,15H2,1-3H3,(H,24,26). The van der Waals surface area contributed by atoms with E-state index in [1.807, 2.05) is 32.0 Å². The number of methoxy groups -OCH3 is 1. The van der Waals surface area contributed by atoms with Crippen LogP contribution in [0.2, 0.25) is 0 Å². The van der Waals surface area contributed by atoms with Crippen molar-refractivity contribution >= 4 is 27.3 Å². The van der Waals surface area contributed by atoms with Crippen molar-refractivity contribution in [2.45, 2.75) is 18.7 Å². The predicted molar refractivity (Wildman–Crippen MR) is 120 cm³/mol. The summed E-state index contributed by atoms with van der Waals surface area (Å²) in [6.45, 7) is 3.69. The van der Waals surface area contributed by atoms with Crippen LogP contribution in [0.4, 0.5) is 11.4 Å². The van der Waals surface area contributed by atoms with Crippen LogP contribution in [0.3, 0.4) is 0 Å². The first-order chi connectivity index (χ1) is 14.8. The molecule has 31 heavy (non-hydrogen) atoms. The molecule has 0 saturated carbocycles. The Kier molecular flexibility index (Phi) is 6.81. The molecule has 0 fully saturated rings. The van der Waals surface area contributed by atoms with Crippen molar-refractivity contribution in [1.29, 1.82) is 0 Å². The van der Waals surface area contributed by atoms with E-state index in [2.05, 4.69) is 10.0 Å². The van der Waals surface area contributed by atoms with Gasteiger partial charge in [-0.15, -0.1) is 0 Å². The number of para-hydroxylation sites is 2. The summed E-state index contributed by atoms with van der Waals surface area (Å²) in [5.74, 6) is 0.629. The summed E-state index contributed by atoms with van der Waals surface area (Å²) in [6, 6.07) is 18.4. The number of aryl methyl sites for hydroxylation is 2. The fourth-order valence-electron chi connectivity index (χ4n) is 2.98. The largest absolute Gasteiger partial charge is 0.495 e. The lowest BCUT2D eigenvalue weighted by Gasteiger charge is -2.13. The summed E-state index contributed by atoms with van der Waals surface area (Å²) >= 11 is 0.